The lowest BCUT2D eigenvalue weighted by Gasteiger charge is -2.30. The van der Waals surface area contributed by atoms with Crippen molar-refractivity contribution in [3.63, 3.8) is 0 Å². The van der Waals surface area contributed by atoms with Crippen molar-refractivity contribution in [3.05, 3.63) is 48.1 Å². The third-order valence-corrected chi connectivity index (χ3v) is 13.4. The number of thioether (sulfide) groups is 1. The van der Waals surface area contributed by atoms with Crippen LogP contribution in [0.25, 0.3) is 11.2 Å². The van der Waals surface area contributed by atoms with Crippen molar-refractivity contribution >= 4 is 76.1 Å². The van der Waals surface area contributed by atoms with Crippen LogP contribution in [-0.2, 0) is 50.7 Å². The summed E-state index contributed by atoms with van der Waals surface area (Å²) in [5, 5.41) is 29.4. The van der Waals surface area contributed by atoms with E-state index in [1.54, 1.807) is 0 Å². The number of nitrogens with one attached hydrogen (secondary N) is 3. The Morgan fingerprint density at radius 1 is 1.00 bits per heavy atom. The number of nitrogens with two attached hydrogens (primary N) is 1. The molecule has 63 heavy (non-hydrogen) atoms. The Morgan fingerprint density at radius 3 is 2.48 bits per heavy atom. The smallest absolute Gasteiger partial charge is 0.386 e. The summed E-state index contributed by atoms with van der Waals surface area (Å²) < 4.78 is 62.3. The number of aliphatic imine (C=N–C) groups is 1. The van der Waals surface area contributed by atoms with Crippen molar-refractivity contribution < 1.29 is 80.5 Å². The lowest BCUT2D eigenvalue weighted by molar-refractivity contribution is -0.137. The van der Waals surface area contributed by atoms with Gasteiger partial charge in [0.2, 0.25) is 17.7 Å². The highest BCUT2D eigenvalue weighted by molar-refractivity contribution is 7.99. The van der Waals surface area contributed by atoms with Crippen LogP contribution in [0.4, 0.5) is 5.82 Å². The number of fused-ring (bicyclic) bond motifs is 2. The highest BCUT2D eigenvalue weighted by Gasteiger charge is 2.50. The molecule has 0 radical (unpaired) electrons. The molecular formula is C33H48N9O17P3S. The monoisotopic (exact) mass is 967 g/mol. The number of allylic oxidation sites excluding steroid dienone is 2. The third kappa shape index (κ3) is 14.4. The van der Waals surface area contributed by atoms with Gasteiger partial charge in [-0.25, -0.2) is 28.6 Å². The van der Waals surface area contributed by atoms with E-state index in [1.165, 1.54) is 25.6 Å². The summed E-state index contributed by atoms with van der Waals surface area (Å²) in [6.45, 7) is 1.01. The number of hydrogen-bond acceptors (Lipinski definition) is 19. The van der Waals surface area contributed by atoms with E-state index in [2.05, 4.69) is 44.7 Å². The second-order valence-electron chi connectivity index (χ2n) is 14.7. The van der Waals surface area contributed by atoms with Crippen LogP contribution < -0.4 is 21.7 Å². The van der Waals surface area contributed by atoms with Crippen LogP contribution in [0.1, 0.15) is 32.9 Å². The SMILES string of the molecule is CC(C)(COP(=O)(O)OP(=O)(O)OCC1OC(n2cnc3c(N)ncnc32)C(O)C1OP(=O)(O)O)C(O)C(=O)NCCC(=O)NCCSCC(=O)NCCC1=C2C=CC=CC2N=C1. The normalized spacial score (nSPS) is 23.3. The average molecular weight is 968 g/mol. The van der Waals surface area contributed by atoms with Gasteiger partial charge in [-0.05, 0) is 17.6 Å². The molecule has 4 heterocycles. The first kappa shape index (κ1) is 50.3. The van der Waals surface area contributed by atoms with Gasteiger partial charge in [0.15, 0.2) is 17.7 Å². The van der Waals surface area contributed by atoms with Gasteiger partial charge in [0.05, 0.1) is 31.3 Å². The van der Waals surface area contributed by atoms with Gasteiger partial charge in [0, 0.05) is 43.4 Å². The molecule has 348 valence electrons. The molecule has 30 heteroatoms. The first-order chi connectivity index (χ1) is 29.6. The Balaban J connectivity index is 0.985. The second-order valence-corrected chi connectivity index (χ2v) is 20.0. The zero-order chi connectivity index (χ0) is 46.2. The summed E-state index contributed by atoms with van der Waals surface area (Å²) in [5.41, 5.74) is 6.48. The molecule has 26 nitrogen and oxygen atoms in total. The van der Waals surface area contributed by atoms with E-state index in [4.69, 9.17) is 19.5 Å². The first-order valence-electron chi connectivity index (χ1n) is 18.9. The van der Waals surface area contributed by atoms with Crippen LogP contribution in [0.3, 0.4) is 0 Å². The molecule has 0 spiro atoms. The summed E-state index contributed by atoms with van der Waals surface area (Å²) in [7, 11) is -16.4. The number of nitrogen functional groups attached to an aromatic ring is 1. The Kier molecular flexibility index (Phi) is 17.1. The summed E-state index contributed by atoms with van der Waals surface area (Å²) >= 11 is 1.32. The molecule has 8 unspecified atom stereocenters. The number of hydrogen-bond donors (Lipinski definition) is 10. The fourth-order valence-electron chi connectivity index (χ4n) is 6.17. The maximum atomic E-state index is 12.7. The zero-order valence-electron chi connectivity index (χ0n) is 33.6. The highest BCUT2D eigenvalue weighted by Crippen LogP contribution is 2.61. The summed E-state index contributed by atoms with van der Waals surface area (Å²) in [6, 6.07) is 0.0465. The van der Waals surface area contributed by atoms with Crippen LogP contribution in [0.2, 0.25) is 0 Å². The fourth-order valence-corrected chi connectivity index (χ4v) is 9.67. The van der Waals surface area contributed by atoms with Crippen molar-refractivity contribution in [3.8, 4) is 0 Å². The van der Waals surface area contributed by atoms with E-state index in [9.17, 15) is 57.9 Å². The Labute approximate surface area is 363 Å². The molecule has 0 bridgehead atoms. The molecule has 0 aromatic carbocycles. The minimum absolute atomic E-state index is 0.0289. The van der Waals surface area contributed by atoms with Crippen molar-refractivity contribution in [1.82, 2.24) is 35.5 Å². The zero-order valence-corrected chi connectivity index (χ0v) is 37.1. The van der Waals surface area contributed by atoms with E-state index < -0.39 is 84.6 Å². The van der Waals surface area contributed by atoms with Crippen LogP contribution in [0.15, 0.2) is 53.1 Å². The molecule has 2 aromatic heterocycles. The Bertz CT molecular complexity index is 2270. The van der Waals surface area contributed by atoms with Crippen LogP contribution in [0, 0.1) is 5.41 Å². The summed E-state index contributed by atoms with van der Waals surface area (Å²) in [4.78, 5) is 92.6. The number of anilines is 1. The van der Waals surface area contributed by atoms with E-state index in [1.807, 2.05) is 30.5 Å². The number of carbonyl (C=O) groups excluding carboxylic acids is 3. The van der Waals surface area contributed by atoms with Gasteiger partial charge in [-0.15, -0.1) is 0 Å². The fraction of sp³-hybridized carbons (Fsp3) is 0.545. The molecule has 0 saturated carbocycles. The van der Waals surface area contributed by atoms with E-state index in [0.717, 1.165) is 28.4 Å². The van der Waals surface area contributed by atoms with Gasteiger partial charge in [-0.1, -0.05) is 38.2 Å². The van der Waals surface area contributed by atoms with Crippen molar-refractivity contribution in [1.29, 1.82) is 0 Å². The number of imidazole rings is 1. The number of rotatable bonds is 24. The first-order valence-corrected chi connectivity index (χ1v) is 24.6. The van der Waals surface area contributed by atoms with Crippen LogP contribution in [0.5, 0.6) is 0 Å². The molecule has 11 N–H and O–H groups in total. The van der Waals surface area contributed by atoms with Gasteiger partial charge in [-0.2, -0.15) is 16.1 Å². The number of carbonyl (C=O) groups is 3. The molecule has 8 atom stereocenters. The minimum atomic E-state index is -5.58. The van der Waals surface area contributed by atoms with Crippen LogP contribution in [-0.4, -0.2) is 148 Å². The van der Waals surface area contributed by atoms with Crippen molar-refractivity contribution in [2.24, 2.45) is 10.4 Å². The van der Waals surface area contributed by atoms with Gasteiger partial charge in [-0.3, -0.25) is 37.5 Å². The number of ether oxygens (including phenoxy) is 1. The van der Waals surface area contributed by atoms with E-state index in [0.29, 0.717) is 18.7 Å². The maximum Gasteiger partial charge on any atom is 0.481 e. The number of aliphatic hydroxyl groups excluding tert-OH is 2. The van der Waals surface area contributed by atoms with E-state index in [-0.39, 0.29) is 54.2 Å². The Morgan fingerprint density at radius 2 is 1.73 bits per heavy atom. The standard InChI is InChI=1S/C33H48N9O17P3S/c1-33(2,28(46)31(47)37-10-8-23(43)36-11-12-63-15-24(44)35-9-7-19-13-38-21-6-4-3-5-20(19)21)16-56-62(53,54)59-61(51,52)55-14-22-27(58-60(48,49)50)26(45)32(57-22)42-18-41-25-29(34)39-17-40-30(25)42/h3-6,13,17-18,21-22,26-28,32,45-46H,7-12,14-16H2,1-2H3,(H,35,44)(H,36,43)(H,37,47)(H,51,52)(H,53,54)(H2,34,39,40)(H2,48,49,50). The van der Waals surface area contributed by atoms with Crippen molar-refractivity contribution in [2.75, 3.05) is 50.1 Å². The van der Waals surface area contributed by atoms with Gasteiger partial charge in [0.25, 0.3) is 0 Å². The molecule has 2 aliphatic heterocycles. The van der Waals surface area contributed by atoms with Gasteiger partial charge < -0.3 is 56.2 Å². The highest BCUT2D eigenvalue weighted by atomic mass is 32.2. The third-order valence-electron chi connectivity index (χ3n) is 9.36. The molecule has 2 aromatic rings. The quantitative estimate of drug-likeness (QED) is 0.0469. The average Bonchev–Trinajstić information content (AvgIpc) is 3.91. The number of phosphoric ester groups is 3. The minimum Gasteiger partial charge on any atom is -0.386 e. The molecule has 3 aliphatic rings. The molecule has 5 rings (SSSR count). The predicted octanol–water partition coefficient (Wildman–Crippen LogP) is -0.480. The maximum absolute atomic E-state index is 12.7. The molecule has 1 fully saturated rings. The number of nitrogens with zero attached hydrogens (tertiary/aromatic N) is 5. The van der Waals surface area contributed by atoms with Gasteiger partial charge >= 0.3 is 23.5 Å². The topological polar surface area (TPSA) is 388 Å². The number of phosphoric acid groups is 3. The van der Waals surface area contributed by atoms with Gasteiger partial charge in [0.1, 0.15) is 36.3 Å². The Hall–Kier alpha value is -3.75. The molecule has 1 aliphatic carbocycles. The molecular weight excluding hydrogens is 919 g/mol. The predicted molar refractivity (Wildman–Crippen MR) is 222 cm³/mol. The summed E-state index contributed by atoms with van der Waals surface area (Å²) in [5.74, 6) is -0.941. The second kappa shape index (κ2) is 21.5. The lowest BCUT2D eigenvalue weighted by atomic mass is 9.87. The lowest BCUT2D eigenvalue weighted by Crippen LogP contribution is -2.46. The van der Waals surface area contributed by atoms with E-state index >= 15 is 0 Å². The number of aliphatic hydroxyl groups is 2. The van der Waals surface area contributed by atoms with Crippen LogP contribution >= 0.6 is 35.2 Å². The largest absolute Gasteiger partial charge is 0.481 e. The number of aromatic nitrogens is 4. The summed E-state index contributed by atoms with van der Waals surface area (Å²) in [6.07, 6.45) is 3.48. The molecule has 1 saturated heterocycles. The number of amides is 3. The van der Waals surface area contributed by atoms with Crippen molar-refractivity contribution in [2.45, 2.75) is 63.4 Å². The molecule has 3 amide bonds.